The normalized spacial score (nSPS) is 30.7. The number of hydrogen-bond donors (Lipinski definition) is 1. The summed E-state index contributed by atoms with van der Waals surface area (Å²) in [7, 11) is 0. The summed E-state index contributed by atoms with van der Waals surface area (Å²) in [5.41, 5.74) is 0.170. The lowest BCUT2D eigenvalue weighted by molar-refractivity contribution is -0.110. The Morgan fingerprint density at radius 3 is 2.44 bits per heavy atom. The van der Waals surface area contributed by atoms with Gasteiger partial charge in [0, 0.05) is 12.6 Å². The Balaban J connectivity index is 1.93. The van der Waals surface area contributed by atoms with E-state index in [1.807, 2.05) is 0 Å². The fourth-order valence-electron chi connectivity index (χ4n) is 3.47. The van der Waals surface area contributed by atoms with Gasteiger partial charge < -0.3 is 15.0 Å². The fraction of sp³-hybridized carbons (Fsp3) is 1.00. The summed E-state index contributed by atoms with van der Waals surface area (Å²) in [6.45, 7) is 10.4. The molecule has 1 atom stereocenters. The molecule has 0 aromatic rings. The predicted molar refractivity (Wildman–Crippen MR) is 76.0 cm³/mol. The molecule has 1 unspecified atom stereocenters. The third-order valence-electron chi connectivity index (χ3n) is 4.87. The lowest BCUT2D eigenvalue weighted by Crippen LogP contribution is -2.50. The topological polar surface area (TPSA) is 24.5 Å². The van der Waals surface area contributed by atoms with Crippen LogP contribution in [0.1, 0.15) is 52.4 Å². The Bertz CT molecular complexity index is 233. The highest BCUT2D eigenvalue weighted by Crippen LogP contribution is 2.33. The number of hydrogen-bond acceptors (Lipinski definition) is 3. The van der Waals surface area contributed by atoms with E-state index < -0.39 is 0 Å². The van der Waals surface area contributed by atoms with Gasteiger partial charge in [0.05, 0.1) is 5.60 Å². The summed E-state index contributed by atoms with van der Waals surface area (Å²) >= 11 is 0. The monoisotopic (exact) mass is 254 g/mol. The van der Waals surface area contributed by atoms with Crippen LogP contribution in [0.3, 0.4) is 0 Å². The Hall–Kier alpha value is -0.120. The van der Waals surface area contributed by atoms with Crippen molar-refractivity contribution in [3.8, 4) is 0 Å². The molecule has 1 N–H and O–H groups in total. The number of nitrogens with one attached hydrogen (secondary N) is 1. The molecule has 0 radical (unpaired) electrons. The van der Waals surface area contributed by atoms with Gasteiger partial charge in [0.15, 0.2) is 0 Å². The number of nitrogens with zero attached hydrogens (tertiary/aromatic N) is 1. The maximum atomic E-state index is 6.10. The first-order valence-corrected chi connectivity index (χ1v) is 7.88. The van der Waals surface area contributed by atoms with Crippen LogP contribution in [0.5, 0.6) is 0 Å². The SMILES string of the molecule is CCC1(CC)CC(N2CCCNCCC2)CCO1. The average molecular weight is 254 g/mol. The Morgan fingerprint density at radius 2 is 1.83 bits per heavy atom. The molecule has 2 aliphatic heterocycles. The van der Waals surface area contributed by atoms with Gasteiger partial charge in [0.2, 0.25) is 0 Å². The minimum absolute atomic E-state index is 0.170. The van der Waals surface area contributed by atoms with Crippen molar-refractivity contribution >= 4 is 0 Å². The highest BCUT2D eigenvalue weighted by molar-refractivity contribution is 4.89. The number of rotatable bonds is 3. The van der Waals surface area contributed by atoms with Gasteiger partial charge in [-0.25, -0.2) is 0 Å². The molecule has 0 spiro atoms. The molecule has 0 aliphatic carbocycles. The van der Waals surface area contributed by atoms with Gasteiger partial charge in [-0.15, -0.1) is 0 Å². The summed E-state index contributed by atoms with van der Waals surface area (Å²) < 4.78 is 6.10. The Kier molecular flexibility index (Phi) is 5.46. The van der Waals surface area contributed by atoms with Gasteiger partial charge in [-0.2, -0.15) is 0 Å². The second-order valence-corrected chi connectivity index (χ2v) is 5.88. The lowest BCUT2D eigenvalue weighted by Gasteiger charge is -2.44. The van der Waals surface area contributed by atoms with Crippen molar-refractivity contribution in [2.75, 3.05) is 32.8 Å². The van der Waals surface area contributed by atoms with E-state index in [0.717, 1.165) is 25.5 Å². The van der Waals surface area contributed by atoms with Crippen LogP contribution < -0.4 is 5.32 Å². The van der Waals surface area contributed by atoms with Gasteiger partial charge in [0.25, 0.3) is 0 Å². The zero-order valence-corrected chi connectivity index (χ0v) is 12.2. The zero-order valence-electron chi connectivity index (χ0n) is 12.2. The van der Waals surface area contributed by atoms with Gasteiger partial charge in [-0.3, -0.25) is 0 Å². The van der Waals surface area contributed by atoms with E-state index in [0.29, 0.717) is 0 Å². The zero-order chi connectivity index (χ0) is 12.8. The van der Waals surface area contributed by atoms with E-state index in [2.05, 4.69) is 24.1 Å². The summed E-state index contributed by atoms with van der Waals surface area (Å²) in [6, 6.07) is 0.761. The van der Waals surface area contributed by atoms with Crippen molar-refractivity contribution in [1.29, 1.82) is 0 Å². The summed E-state index contributed by atoms with van der Waals surface area (Å²) in [6.07, 6.45) is 7.39. The predicted octanol–water partition coefficient (Wildman–Crippen LogP) is 2.41. The highest BCUT2D eigenvalue weighted by Gasteiger charge is 2.36. The second kappa shape index (κ2) is 6.88. The van der Waals surface area contributed by atoms with E-state index in [1.54, 1.807) is 0 Å². The molecule has 2 rings (SSSR count). The van der Waals surface area contributed by atoms with Crippen LogP contribution in [-0.2, 0) is 4.74 Å². The van der Waals surface area contributed by atoms with Crippen LogP contribution in [0, 0.1) is 0 Å². The van der Waals surface area contributed by atoms with E-state index in [9.17, 15) is 0 Å². The minimum atomic E-state index is 0.170. The van der Waals surface area contributed by atoms with Crippen LogP contribution in [0.25, 0.3) is 0 Å². The van der Waals surface area contributed by atoms with Crippen LogP contribution in [0.15, 0.2) is 0 Å². The van der Waals surface area contributed by atoms with E-state index in [4.69, 9.17) is 4.74 Å². The standard InChI is InChI=1S/C15H30N2O/c1-3-15(4-2)13-14(7-12-18-15)17-10-5-8-16-9-6-11-17/h14,16H,3-13H2,1-2H3. The Morgan fingerprint density at radius 1 is 1.17 bits per heavy atom. The molecule has 0 bridgehead atoms. The lowest BCUT2D eigenvalue weighted by atomic mass is 9.85. The van der Waals surface area contributed by atoms with E-state index >= 15 is 0 Å². The van der Waals surface area contributed by atoms with Crippen molar-refractivity contribution in [3.63, 3.8) is 0 Å². The largest absolute Gasteiger partial charge is 0.375 e. The molecule has 18 heavy (non-hydrogen) atoms. The molecule has 3 heteroatoms. The first-order valence-electron chi connectivity index (χ1n) is 7.88. The van der Waals surface area contributed by atoms with Crippen molar-refractivity contribution < 1.29 is 4.74 Å². The van der Waals surface area contributed by atoms with Crippen LogP contribution in [0.4, 0.5) is 0 Å². The maximum absolute atomic E-state index is 6.10. The second-order valence-electron chi connectivity index (χ2n) is 5.88. The van der Waals surface area contributed by atoms with Gasteiger partial charge in [-0.05, 0) is 64.7 Å². The molecular weight excluding hydrogens is 224 g/mol. The maximum Gasteiger partial charge on any atom is 0.0692 e. The van der Waals surface area contributed by atoms with Crippen LogP contribution in [0.2, 0.25) is 0 Å². The van der Waals surface area contributed by atoms with Crippen LogP contribution in [-0.4, -0.2) is 49.3 Å². The summed E-state index contributed by atoms with van der Waals surface area (Å²) in [5, 5.41) is 3.50. The van der Waals surface area contributed by atoms with Crippen molar-refractivity contribution in [3.05, 3.63) is 0 Å². The average Bonchev–Trinajstić information content (AvgIpc) is 2.38. The van der Waals surface area contributed by atoms with Gasteiger partial charge in [-0.1, -0.05) is 13.8 Å². The number of ether oxygens (including phenoxy) is 1. The molecule has 0 aromatic carbocycles. The summed E-state index contributed by atoms with van der Waals surface area (Å²) in [4.78, 5) is 2.74. The molecule has 2 fully saturated rings. The van der Waals surface area contributed by atoms with Crippen LogP contribution >= 0.6 is 0 Å². The smallest absolute Gasteiger partial charge is 0.0692 e. The van der Waals surface area contributed by atoms with E-state index in [1.165, 1.54) is 51.9 Å². The van der Waals surface area contributed by atoms with Crippen molar-refractivity contribution in [1.82, 2.24) is 10.2 Å². The molecule has 3 nitrogen and oxygen atoms in total. The van der Waals surface area contributed by atoms with Crippen molar-refractivity contribution in [2.45, 2.75) is 64.0 Å². The fourth-order valence-corrected chi connectivity index (χ4v) is 3.47. The van der Waals surface area contributed by atoms with Gasteiger partial charge >= 0.3 is 0 Å². The molecule has 106 valence electrons. The molecular formula is C15H30N2O. The third kappa shape index (κ3) is 3.46. The first-order chi connectivity index (χ1) is 8.79. The highest BCUT2D eigenvalue weighted by atomic mass is 16.5. The van der Waals surface area contributed by atoms with Crippen molar-refractivity contribution in [2.24, 2.45) is 0 Å². The molecule has 2 heterocycles. The third-order valence-corrected chi connectivity index (χ3v) is 4.87. The Labute approximate surface area is 112 Å². The molecule has 2 saturated heterocycles. The molecule has 0 amide bonds. The van der Waals surface area contributed by atoms with E-state index in [-0.39, 0.29) is 5.60 Å². The molecule has 0 aromatic heterocycles. The van der Waals surface area contributed by atoms with Gasteiger partial charge in [0.1, 0.15) is 0 Å². The summed E-state index contributed by atoms with van der Waals surface area (Å²) in [5.74, 6) is 0. The minimum Gasteiger partial charge on any atom is -0.375 e. The quantitative estimate of drug-likeness (QED) is 0.837. The molecule has 0 saturated carbocycles. The molecule has 2 aliphatic rings. The first kappa shape index (κ1) is 14.3.